The first kappa shape index (κ1) is 15.0. The molecule has 0 atom stereocenters. The van der Waals surface area contributed by atoms with Crippen molar-refractivity contribution in [1.82, 2.24) is 0 Å². The van der Waals surface area contributed by atoms with Crippen LogP contribution in [0.2, 0.25) is 0 Å². The van der Waals surface area contributed by atoms with Crippen molar-refractivity contribution in [2.45, 2.75) is 38.9 Å². The van der Waals surface area contributed by atoms with E-state index in [0.717, 1.165) is 0 Å². The smallest absolute Gasteiger partial charge is 0.160 e. The number of Topliss-reactive ketones (excluding diaryl/α,β-unsaturated/α-hetero) is 3. The van der Waals surface area contributed by atoms with Gasteiger partial charge in [-0.25, -0.2) is 0 Å². The van der Waals surface area contributed by atoms with E-state index in [1.54, 1.807) is 0 Å². The maximum atomic E-state index is 11.9. The Bertz CT molecular complexity index is 314. The molecule has 102 valence electrons. The van der Waals surface area contributed by atoms with Gasteiger partial charge in [0.15, 0.2) is 23.6 Å². The minimum Gasteiger partial charge on any atom is -0.356 e. The van der Waals surface area contributed by atoms with Crippen LogP contribution in [0.3, 0.4) is 0 Å². The van der Waals surface area contributed by atoms with E-state index < -0.39 is 12.2 Å². The van der Waals surface area contributed by atoms with E-state index in [9.17, 15) is 14.4 Å². The summed E-state index contributed by atoms with van der Waals surface area (Å²) in [7, 11) is 2.94. The lowest BCUT2D eigenvalue weighted by Crippen LogP contribution is -2.42. The first-order valence-corrected chi connectivity index (χ1v) is 6.18. The maximum absolute atomic E-state index is 11.9. The van der Waals surface area contributed by atoms with Gasteiger partial charge < -0.3 is 9.47 Å². The highest BCUT2D eigenvalue weighted by Gasteiger charge is 2.42. The Balaban J connectivity index is 2.74. The topological polar surface area (TPSA) is 69.7 Å². The Morgan fingerprint density at radius 2 is 1.72 bits per heavy atom. The number of carbonyl (C=O) groups is 3. The van der Waals surface area contributed by atoms with Gasteiger partial charge in [-0.3, -0.25) is 14.4 Å². The number of carbonyl (C=O) groups excluding carboxylic acids is 3. The lowest BCUT2D eigenvalue weighted by atomic mass is 9.77. The van der Waals surface area contributed by atoms with Crippen molar-refractivity contribution in [1.29, 1.82) is 0 Å². The van der Waals surface area contributed by atoms with E-state index in [-0.39, 0.29) is 42.5 Å². The van der Waals surface area contributed by atoms with Gasteiger partial charge in [0.1, 0.15) is 5.92 Å². The van der Waals surface area contributed by atoms with Crippen LogP contribution in [0, 0.1) is 11.8 Å². The lowest BCUT2D eigenvalue weighted by Gasteiger charge is -2.29. The van der Waals surface area contributed by atoms with E-state index in [0.29, 0.717) is 6.42 Å². The summed E-state index contributed by atoms with van der Waals surface area (Å²) in [6.07, 6.45) is 0.694. The van der Waals surface area contributed by atoms with Gasteiger partial charge >= 0.3 is 0 Å². The number of methoxy groups -OCH3 is 2. The Kier molecular flexibility index (Phi) is 5.62. The molecule has 0 radical (unpaired) electrons. The highest BCUT2D eigenvalue weighted by atomic mass is 16.7. The van der Waals surface area contributed by atoms with E-state index in [1.807, 2.05) is 6.92 Å². The highest BCUT2D eigenvalue weighted by Crippen LogP contribution is 2.28. The quantitative estimate of drug-likeness (QED) is 0.526. The van der Waals surface area contributed by atoms with Crippen LogP contribution >= 0.6 is 0 Å². The monoisotopic (exact) mass is 256 g/mol. The van der Waals surface area contributed by atoms with E-state index in [2.05, 4.69) is 0 Å². The summed E-state index contributed by atoms with van der Waals surface area (Å²) in [4.78, 5) is 35.6. The first-order valence-electron chi connectivity index (χ1n) is 6.18. The number of ether oxygens (including phenoxy) is 2. The summed E-state index contributed by atoms with van der Waals surface area (Å²) in [5.41, 5.74) is 0. The average molecular weight is 256 g/mol. The van der Waals surface area contributed by atoms with Gasteiger partial charge in [0.25, 0.3) is 0 Å². The molecule has 0 aliphatic heterocycles. The molecule has 0 N–H and O–H groups in total. The normalized spacial score (nSPS) is 24.7. The van der Waals surface area contributed by atoms with Crippen molar-refractivity contribution in [3.05, 3.63) is 0 Å². The Hall–Kier alpha value is -1.07. The minimum atomic E-state index is -1.05. The molecule has 18 heavy (non-hydrogen) atoms. The standard InChI is InChI=1S/C13H20O5/c1-4-5-9(14)12-10(15)6-8(7-11(12)16)13(17-2)18-3/h8,12-13H,4-7H2,1-3H3. The molecule has 0 aromatic carbocycles. The summed E-state index contributed by atoms with van der Waals surface area (Å²) in [6, 6.07) is 0. The van der Waals surface area contributed by atoms with E-state index >= 15 is 0 Å². The lowest BCUT2D eigenvalue weighted by molar-refractivity contribution is -0.162. The van der Waals surface area contributed by atoms with Gasteiger partial charge in [0.05, 0.1) is 0 Å². The zero-order valence-corrected chi connectivity index (χ0v) is 11.1. The fraction of sp³-hybridized carbons (Fsp3) is 0.769. The third kappa shape index (κ3) is 3.23. The predicted molar refractivity (Wildman–Crippen MR) is 63.9 cm³/mol. The fourth-order valence-corrected chi connectivity index (χ4v) is 2.43. The van der Waals surface area contributed by atoms with Crippen LogP contribution in [0.4, 0.5) is 0 Å². The van der Waals surface area contributed by atoms with Gasteiger partial charge in [-0.1, -0.05) is 6.92 Å². The Morgan fingerprint density at radius 3 is 2.11 bits per heavy atom. The minimum absolute atomic E-state index is 0.165. The van der Waals surface area contributed by atoms with Crippen LogP contribution in [0.25, 0.3) is 0 Å². The second-order valence-corrected chi connectivity index (χ2v) is 4.59. The van der Waals surface area contributed by atoms with Gasteiger partial charge in [0, 0.05) is 39.4 Å². The molecule has 5 heteroatoms. The van der Waals surface area contributed by atoms with Crippen molar-refractivity contribution in [3.63, 3.8) is 0 Å². The number of hydrogen-bond donors (Lipinski definition) is 0. The molecule has 0 aromatic rings. The molecule has 1 saturated carbocycles. The largest absolute Gasteiger partial charge is 0.356 e. The van der Waals surface area contributed by atoms with E-state index in [1.165, 1.54) is 14.2 Å². The molecule has 0 bridgehead atoms. The summed E-state index contributed by atoms with van der Waals surface area (Å²) in [5.74, 6) is -2.18. The SMILES string of the molecule is CCCC(=O)C1C(=O)CC(C(OC)OC)CC1=O. The van der Waals surface area contributed by atoms with Crippen LogP contribution in [-0.2, 0) is 23.9 Å². The highest BCUT2D eigenvalue weighted by molar-refractivity contribution is 6.20. The van der Waals surface area contributed by atoms with Crippen molar-refractivity contribution >= 4 is 17.3 Å². The van der Waals surface area contributed by atoms with Crippen LogP contribution in [0.1, 0.15) is 32.6 Å². The number of hydrogen-bond acceptors (Lipinski definition) is 5. The van der Waals surface area contributed by atoms with Crippen LogP contribution in [0.15, 0.2) is 0 Å². The van der Waals surface area contributed by atoms with Crippen LogP contribution in [-0.4, -0.2) is 37.9 Å². The molecule has 5 nitrogen and oxygen atoms in total. The van der Waals surface area contributed by atoms with Crippen molar-refractivity contribution in [3.8, 4) is 0 Å². The predicted octanol–water partition coefficient (Wildman–Crippen LogP) is 1.14. The zero-order chi connectivity index (χ0) is 13.7. The maximum Gasteiger partial charge on any atom is 0.160 e. The Labute approximate surface area is 107 Å². The van der Waals surface area contributed by atoms with Crippen LogP contribution in [0.5, 0.6) is 0 Å². The van der Waals surface area contributed by atoms with Crippen LogP contribution < -0.4 is 0 Å². The molecule has 0 saturated heterocycles. The first-order chi connectivity index (χ1) is 8.54. The van der Waals surface area contributed by atoms with Crippen molar-refractivity contribution in [2.24, 2.45) is 11.8 Å². The van der Waals surface area contributed by atoms with E-state index in [4.69, 9.17) is 9.47 Å². The van der Waals surface area contributed by atoms with Gasteiger partial charge in [-0.2, -0.15) is 0 Å². The van der Waals surface area contributed by atoms with Crippen molar-refractivity contribution in [2.75, 3.05) is 14.2 Å². The Morgan fingerprint density at radius 1 is 1.22 bits per heavy atom. The van der Waals surface area contributed by atoms with Gasteiger partial charge in [0.2, 0.25) is 0 Å². The second kappa shape index (κ2) is 6.75. The molecule has 0 heterocycles. The second-order valence-electron chi connectivity index (χ2n) is 4.59. The summed E-state index contributed by atoms with van der Waals surface area (Å²) in [5, 5.41) is 0. The fourth-order valence-electron chi connectivity index (χ4n) is 2.43. The summed E-state index contributed by atoms with van der Waals surface area (Å²) >= 11 is 0. The molecule has 0 aromatic heterocycles. The molecular weight excluding hydrogens is 236 g/mol. The molecule has 1 rings (SSSR count). The number of rotatable bonds is 6. The molecule has 0 spiro atoms. The number of ketones is 3. The molecular formula is C13H20O5. The molecule has 1 aliphatic carbocycles. The third-order valence-electron chi connectivity index (χ3n) is 3.24. The van der Waals surface area contributed by atoms with Gasteiger partial charge in [-0.15, -0.1) is 0 Å². The van der Waals surface area contributed by atoms with Gasteiger partial charge in [-0.05, 0) is 6.42 Å². The molecule has 1 aliphatic rings. The summed E-state index contributed by atoms with van der Waals surface area (Å²) < 4.78 is 10.1. The zero-order valence-electron chi connectivity index (χ0n) is 11.1. The molecule has 1 fully saturated rings. The average Bonchev–Trinajstić information content (AvgIpc) is 2.30. The molecule has 0 unspecified atom stereocenters. The van der Waals surface area contributed by atoms with Crippen molar-refractivity contribution < 1.29 is 23.9 Å². The summed E-state index contributed by atoms with van der Waals surface area (Å²) in [6.45, 7) is 1.85. The third-order valence-corrected chi connectivity index (χ3v) is 3.24. The molecule has 0 amide bonds.